The molecule has 1 saturated heterocycles. The number of aliphatic imine (C=N–C) groups is 1. The van der Waals surface area contributed by atoms with E-state index < -0.39 is 53.8 Å². The Hall–Kier alpha value is -3.39. The van der Waals surface area contributed by atoms with E-state index in [-0.39, 0.29) is 28.5 Å². The number of nitrogens with two attached hydrogens (primary N) is 1. The molecule has 1 aliphatic rings. The molecule has 2 heterocycles. The second kappa shape index (κ2) is 11.6. The van der Waals surface area contributed by atoms with Crippen molar-refractivity contribution in [3.05, 3.63) is 64.7 Å². The van der Waals surface area contributed by atoms with Crippen LogP contribution in [0.25, 0.3) is 11.9 Å². The zero-order valence-corrected chi connectivity index (χ0v) is 22.3. The minimum absolute atomic E-state index is 0.00251. The van der Waals surface area contributed by atoms with Gasteiger partial charge >= 0.3 is 0 Å². The number of amidine groups is 1. The van der Waals surface area contributed by atoms with Gasteiger partial charge in [0.1, 0.15) is 17.7 Å². The molecule has 1 amide bonds. The van der Waals surface area contributed by atoms with E-state index in [1.807, 2.05) is 6.07 Å². The maximum Gasteiger partial charge on any atom is 0.267 e. The second-order valence-electron chi connectivity index (χ2n) is 9.52. The summed E-state index contributed by atoms with van der Waals surface area (Å²) >= 11 is 1.14. The zero-order chi connectivity index (χ0) is 28.3. The number of thioether (sulfide) groups is 1. The molecule has 1 aromatic heterocycles. The van der Waals surface area contributed by atoms with E-state index in [4.69, 9.17) is 11.0 Å². The first-order valence-electron chi connectivity index (χ1n) is 11.9. The summed E-state index contributed by atoms with van der Waals surface area (Å²) < 4.78 is 57.8. The summed E-state index contributed by atoms with van der Waals surface area (Å²) in [5.74, 6) is -6.23. The number of aromatic nitrogens is 1. The number of hydrogen-bond acceptors (Lipinski definition) is 5. The SMILES string of the molecule is CSC(N)=N[C@](C)(c1cc(/C=C(\F)c2ccc(C#N)cn2)ccc1F)[C@H](C)[C@@H](C)C(=O)N1CCC(F)(F)C1. The quantitative estimate of drug-likeness (QED) is 0.277. The van der Waals surface area contributed by atoms with Gasteiger partial charge in [-0.2, -0.15) is 5.26 Å². The lowest BCUT2D eigenvalue weighted by atomic mass is 9.73. The molecule has 0 unspecified atom stereocenters. The highest BCUT2D eigenvalue weighted by molar-refractivity contribution is 8.13. The molecule has 0 aliphatic carbocycles. The molecular weight excluding hydrogens is 518 g/mol. The predicted molar refractivity (Wildman–Crippen MR) is 141 cm³/mol. The molecule has 0 saturated carbocycles. The van der Waals surface area contributed by atoms with Crippen molar-refractivity contribution in [2.75, 3.05) is 19.3 Å². The third-order valence-corrected chi connectivity index (χ3v) is 7.54. The molecule has 0 radical (unpaired) electrons. The van der Waals surface area contributed by atoms with E-state index in [0.717, 1.165) is 16.7 Å². The van der Waals surface area contributed by atoms with E-state index in [9.17, 15) is 18.0 Å². The van der Waals surface area contributed by atoms with Crippen molar-refractivity contribution >= 4 is 34.7 Å². The maximum atomic E-state index is 15.3. The van der Waals surface area contributed by atoms with Crippen LogP contribution in [-0.2, 0) is 10.3 Å². The van der Waals surface area contributed by atoms with Gasteiger partial charge in [-0.1, -0.05) is 31.7 Å². The molecule has 3 rings (SSSR count). The molecule has 3 atom stereocenters. The Kier molecular flexibility index (Phi) is 8.87. The van der Waals surface area contributed by atoms with Crippen molar-refractivity contribution in [3.63, 3.8) is 0 Å². The minimum atomic E-state index is -2.94. The number of nitriles is 1. The Bertz CT molecular complexity index is 1290. The van der Waals surface area contributed by atoms with Crippen LogP contribution in [0.1, 0.15) is 49.6 Å². The van der Waals surface area contributed by atoms with Crippen LogP contribution in [0.15, 0.2) is 41.5 Å². The lowest BCUT2D eigenvalue weighted by Gasteiger charge is -2.37. The molecule has 2 aromatic rings. The highest BCUT2D eigenvalue weighted by Crippen LogP contribution is 2.41. The fourth-order valence-electron chi connectivity index (χ4n) is 4.44. The maximum absolute atomic E-state index is 15.3. The first kappa shape index (κ1) is 29.2. The third kappa shape index (κ3) is 6.35. The average molecular weight is 548 g/mol. The van der Waals surface area contributed by atoms with E-state index in [1.165, 1.54) is 42.6 Å². The number of pyridine rings is 1. The van der Waals surface area contributed by atoms with Gasteiger partial charge < -0.3 is 10.6 Å². The van der Waals surface area contributed by atoms with Crippen LogP contribution in [0.4, 0.5) is 17.6 Å². The molecule has 38 heavy (non-hydrogen) atoms. The summed E-state index contributed by atoms with van der Waals surface area (Å²) in [7, 11) is 0. The van der Waals surface area contributed by atoms with Crippen molar-refractivity contribution in [1.82, 2.24) is 9.88 Å². The van der Waals surface area contributed by atoms with Gasteiger partial charge in [-0.15, -0.1) is 0 Å². The normalized spacial score (nSPS) is 19.0. The summed E-state index contributed by atoms with van der Waals surface area (Å²) in [6.45, 7) is 4.19. The Balaban J connectivity index is 2.02. The number of benzene rings is 1. The first-order valence-corrected chi connectivity index (χ1v) is 13.1. The van der Waals surface area contributed by atoms with Gasteiger partial charge in [-0.05, 0) is 55.0 Å². The van der Waals surface area contributed by atoms with Gasteiger partial charge in [-0.25, -0.2) is 17.6 Å². The number of hydrogen-bond donors (Lipinski definition) is 1. The summed E-state index contributed by atoms with van der Waals surface area (Å²) in [5.41, 5.74) is 5.30. The molecule has 0 spiro atoms. The predicted octanol–water partition coefficient (Wildman–Crippen LogP) is 5.59. The molecule has 1 aromatic carbocycles. The van der Waals surface area contributed by atoms with E-state index in [1.54, 1.807) is 27.0 Å². The van der Waals surface area contributed by atoms with Crippen molar-refractivity contribution in [2.45, 2.75) is 38.7 Å². The summed E-state index contributed by atoms with van der Waals surface area (Å²) in [6, 6.07) is 8.68. The van der Waals surface area contributed by atoms with Crippen LogP contribution in [0, 0.1) is 29.0 Å². The fourth-order valence-corrected chi connectivity index (χ4v) is 4.72. The number of amides is 1. The van der Waals surface area contributed by atoms with Crippen molar-refractivity contribution < 1.29 is 22.4 Å². The topological polar surface area (TPSA) is 95.4 Å². The Labute approximate surface area is 223 Å². The Morgan fingerprint density at radius 3 is 2.61 bits per heavy atom. The van der Waals surface area contributed by atoms with Gasteiger partial charge in [-0.3, -0.25) is 14.8 Å². The van der Waals surface area contributed by atoms with E-state index in [0.29, 0.717) is 5.56 Å². The summed E-state index contributed by atoms with van der Waals surface area (Å²) in [5, 5.41) is 9.04. The van der Waals surface area contributed by atoms with Gasteiger partial charge in [0.2, 0.25) is 5.91 Å². The van der Waals surface area contributed by atoms with Crippen LogP contribution in [-0.4, -0.2) is 46.2 Å². The molecule has 202 valence electrons. The number of nitrogens with zero attached hydrogens (tertiary/aromatic N) is 4. The molecular formula is C27H29F4N5OS. The van der Waals surface area contributed by atoms with Crippen LogP contribution in [0.5, 0.6) is 0 Å². The standard InChI is InChI=1S/C27H29F4N5OS/c1-16(24(37)36-10-9-27(30,31)15-36)17(2)26(3,35-25(33)38-4)20-11-18(5-7-21(20)28)12-22(29)23-8-6-19(13-32)14-34-23/h5-8,11-12,14,16-17H,9-10,15H2,1-4H3,(H2,33,35)/b22-12-/t16-,17-,26+/m1/s1. The van der Waals surface area contributed by atoms with Crippen LogP contribution in [0.3, 0.4) is 0 Å². The smallest absolute Gasteiger partial charge is 0.267 e. The summed E-state index contributed by atoms with van der Waals surface area (Å²) in [4.78, 5) is 22.7. The Morgan fingerprint density at radius 1 is 1.34 bits per heavy atom. The monoisotopic (exact) mass is 547 g/mol. The van der Waals surface area contributed by atoms with Crippen LogP contribution >= 0.6 is 11.8 Å². The van der Waals surface area contributed by atoms with Crippen molar-refractivity contribution in [1.29, 1.82) is 5.26 Å². The second-order valence-corrected chi connectivity index (χ2v) is 10.3. The van der Waals surface area contributed by atoms with Crippen molar-refractivity contribution in [2.24, 2.45) is 22.6 Å². The molecule has 0 bridgehead atoms. The number of carbonyl (C=O) groups is 1. The number of rotatable bonds is 7. The Morgan fingerprint density at radius 2 is 2.05 bits per heavy atom. The molecule has 2 N–H and O–H groups in total. The zero-order valence-electron chi connectivity index (χ0n) is 21.5. The number of carbonyl (C=O) groups excluding carboxylic acids is 1. The minimum Gasteiger partial charge on any atom is -0.379 e. The number of likely N-dealkylation sites (tertiary alicyclic amines) is 1. The fraction of sp³-hybridized carbons (Fsp3) is 0.407. The van der Waals surface area contributed by atoms with Gasteiger partial charge in [0.15, 0.2) is 5.17 Å². The lowest BCUT2D eigenvalue weighted by molar-refractivity contribution is -0.137. The summed E-state index contributed by atoms with van der Waals surface area (Å²) in [6.07, 6.45) is 3.70. The highest BCUT2D eigenvalue weighted by atomic mass is 32.2. The first-order chi connectivity index (χ1) is 17.8. The molecule has 1 aliphatic heterocycles. The highest BCUT2D eigenvalue weighted by Gasteiger charge is 2.45. The molecule has 11 heteroatoms. The third-order valence-electron chi connectivity index (χ3n) is 7.03. The van der Waals surface area contributed by atoms with Gasteiger partial charge in [0, 0.05) is 30.6 Å². The lowest BCUT2D eigenvalue weighted by Crippen LogP contribution is -2.43. The van der Waals surface area contributed by atoms with Crippen molar-refractivity contribution in [3.8, 4) is 6.07 Å². The van der Waals surface area contributed by atoms with Gasteiger partial charge in [0.25, 0.3) is 5.92 Å². The molecule has 6 nitrogen and oxygen atoms in total. The largest absolute Gasteiger partial charge is 0.379 e. The van der Waals surface area contributed by atoms with E-state index >= 15 is 4.39 Å². The van der Waals surface area contributed by atoms with Crippen LogP contribution in [0.2, 0.25) is 0 Å². The average Bonchev–Trinajstić information content (AvgIpc) is 3.27. The van der Waals surface area contributed by atoms with E-state index in [2.05, 4.69) is 9.98 Å². The number of alkyl halides is 2. The molecule has 1 fully saturated rings. The van der Waals surface area contributed by atoms with Gasteiger partial charge in [0.05, 0.1) is 23.3 Å². The van der Waals surface area contributed by atoms with Crippen LogP contribution < -0.4 is 5.73 Å². The number of halogens is 4.